The van der Waals surface area contributed by atoms with Crippen molar-refractivity contribution >= 4 is 23.2 Å². The van der Waals surface area contributed by atoms with Gasteiger partial charge < -0.3 is 10.1 Å². The summed E-state index contributed by atoms with van der Waals surface area (Å²) in [5, 5.41) is 3.25. The van der Waals surface area contributed by atoms with Crippen molar-refractivity contribution < 1.29 is 9.53 Å². The number of carbonyl (C=O) groups is 1. The molecule has 0 unspecified atom stereocenters. The molecule has 0 atom stereocenters. The van der Waals surface area contributed by atoms with Gasteiger partial charge in [0.25, 0.3) is 0 Å². The lowest BCUT2D eigenvalue weighted by Gasteiger charge is -2.06. The highest BCUT2D eigenvalue weighted by molar-refractivity contribution is 6.34. The lowest BCUT2D eigenvalue weighted by molar-refractivity contribution is -0.115. The van der Waals surface area contributed by atoms with E-state index in [4.69, 9.17) is 16.3 Å². The first-order chi connectivity index (χ1) is 6.22. The lowest BCUT2D eigenvalue weighted by Crippen LogP contribution is -2.03. The molecule has 1 amide bonds. The Morgan fingerprint density at radius 2 is 2.31 bits per heavy atom. The molecule has 1 aromatic carbocycles. The van der Waals surface area contributed by atoms with Gasteiger partial charge in [0, 0.05) is 5.56 Å². The van der Waals surface area contributed by atoms with Gasteiger partial charge in [0.2, 0.25) is 5.91 Å². The third-order valence-electron chi connectivity index (χ3n) is 2.04. The second-order valence-corrected chi connectivity index (χ2v) is 3.24. The number of benzene rings is 1. The van der Waals surface area contributed by atoms with Gasteiger partial charge in [-0.1, -0.05) is 11.6 Å². The molecule has 0 saturated carbocycles. The molecule has 0 aromatic heterocycles. The number of methoxy groups -OCH3 is 1. The maximum absolute atomic E-state index is 11.1. The van der Waals surface area contributed by atoms with Gasteiger partial charge in [-0.15, -0.1) is 0 Å². The van der Waals surface area contributed by atoms with Crippen molar-refractivity contribution in [2.24, 2.45) is 0 Å². The number of amides is 1. The van der Waals surface area contributed by atoms with Crippen molar-refractivity contribution in [1.82, 2.24) is 0 Å². The van der Waals surface area contributed by atoms with Crippen LogP contribution in [-0.4, -0.2) is 13.0 Å². The van der Waals surface area contributed by atoms with Crippen molar-refractivity contribution in [2.75, 3.05) is 12.4 Å². The fourth-order valence-corrected chi connectivity index (χ4v) is 1.67. The number of carbonyl (C=O) groups excluding carboxylic acids is 1. The van der Waals surface area contributed by atoms with E-state index in [1.807, 2.05) is 0 Å². The average molecular weight is 198 g/mol. The first kappa shape index (κ1) is 8.38. The molecule has 4 heteroatoms. The third-order valence-corrected chi connectivity index (χ3v) is 2.36. The summed E-state index contributed by atoms with van der Waals surface area (Å²) in [5.41, 5.74) is 1.53. The summed E-state index contributed by atoms with van der Waals surface area (Å²) >= 11 is 5.89. The van der Waals surface area contributed by atoms with Crippen LogP contribution in [0.1, 0.15) is 5.56 Å². The molecule has 1 aliphatic rings. The predicted molar refractivity (Wildman–Crippen MR) is 50.3 cm³/mol. The Morgan fingerprint density at radius 1 is 1.54 bits per heavy atom. The number of nitrogens with one attached hydrogen (secondary N) is 1. The summed E-state index contributed by atoms with van der Waals surface area (Å²) in [5.74, 6) is 0.666. The van der Waals surface area contributed by atoms with Crippen molar-refractivity contribution in [2.45, 2.75) is 6.42 Å². The molecule has 0 bridgehead atoms. The van der Waals surface area contributed by atoms with E-state index in [9.17, 15) is 4.79 Å². The molecule has 1 N–H and O–H groups in total. The Kier molecular flexibility index (Phi) is 1.88. The quantitative estimate of drug-likeness (QED) is 0.746. The summed E-state index contributed by atoms with van der Waals surface area (Å²) in [4.78, 5) is 11.1. The van der Waals surface area contributed by atoms with Gasteiger partial charge in [-0.25, -0.2) is 0 Å². The summed E-state index contributed by atoms with van der Waals surface area (Å²) in [6, 6.07) is 3.48. The topological polar surface area (TPSA) is 38.3 Å². The van der Waals surface area contributed by atoms with Gasteiger partial charge in [0.05, 0.1) is 24.2 Å². The van der Waals surface area contributed by atoms with Crippen molar-refractivity contribution in [3.63, 3.8) is 0 Å². The van der Waals surface area contributed by atoms with Crippen LogP contribution in [0, 0.1) is 0 Å². The zero-order valence-corrected chi connectivity index (χ0v) is 7.81. The molecule has 1 aliphatic heterocycles. The van der Waals surface area contributed by atoms with Crippen LogP contribution < -0.4 is 10.1 Å². The Morgan fingerprint density at radius 3 is 3.00 bits per heavy atom. The molecule has 3 nitrogen and oxygen atoms in total. The molecule has 1 heterocycles. The van der Waals surface area contributed by atoms with E-state index in [1.165, 1.54) is 0 Å². The molecule has 68 valence electrons. The van der Waals surface area contributed by atoms with Gasteiger partial charge in [-0.3, -0.25) is 4.79 Å². The summed E-state index contributed by atoms with van der Waals surface area (Å²) in [6.45, 7) is 0. The SMILES string of the molecule is COc1ccc(Cl)c2c1CC(=O)N2. The van der Waals surface area contributed by atoms with E-state index >= 15 is 0 Å². The normalized spacial score (nSPS) is 13.8. The first-order valence-corrected chi connectivity index (χ1v) is 4.25. The van der Waals surface area contributed by atoms with Gasteiger partial charge in [0.1, 0.15) is 5.75 Å². The van der Waals surface area contributed by atoms with E-state index in [0.29, 0.717) is 22.9 Å². The second kappa shape index (κ2) is 2.92. The molecule has 13 heavy (non-hydrogen) atoms. The Hall–Kier alpha value is -1.22. The van der Waals surface area contributed by atoms with Crippen molar-refractivity contribution in [3.05, 3.63) is 22.7 Å². The number of hydrogen-bond donors (Lipinski definition) is 1. The molecule has 0 spiro atoms. The van der Waals surface area contributed by atoms with Crippen LogP contribution in [0.5, 0.6) is 5.75 Å². The molecule has 2 rings (SSSR count). The number of hydrogen-bond acceptors (Lipinski definition) is 2. The van der Waals surface area contributed by atoms with E-state index in [-0.39, 0.29) is 5.91 Å². The fourth-order valence-electron chi connectivity index (χ4n) is 1.45. The number of halogens is 1. The first-order valence-electron chi connectivity index (χ1n) is 3.87. The zero-order valence-electron chi connectivity index (χ0n) is 7.06. The smallest absolute Gasteiger partial charge is 0.229 e. The Balaban J connectivity index is 2.58. The second-order valence-electron chi connectivity index (χ2n) is 2.83. The minimum atomic E-state index is -0.0404. The van der Waals surface area contributed by atoms with Crippen LogP contribution in [-0.2, 0) is 11.2 Å². The van der Waals surface area contributed by atoms with Crippen LogP contribution in [0.15, 0.2) is 12.1 Å². The van der Waals surface area contributed by atoms with E-state index < -0.39 is 0 Å². The summed E-state index contributed by atoms with van der Waals surface area (Å²) in [7, 11) is 1.58. The minimum Gasteiger partial charge on any atom is -0.496 e. The van der Waals surface area contributed by atoms with Crippen LogP contribution in [0.4, 0.5) is 5.69 Å². The average Bonchev–Trinajstić information content (AvgIpc) is 2.48. The highest BCUT2D eigenvalue weighted by Gasteiger charge is 2.23. The van der Waals surface area contributed by atoms with Gasteiger partial charge in [-0.05, 0) is 12.1 Å². The summed E-state index contributed by atoms with van der Waals surface area (Å²) in [6.07, 6.45) is 0.346. The summed E-state index contributed by atoms with van der Waals surface area (Å²) < 4.78 is 5.11. The lowest BCUT2D eigenvalue weighted by atomic mass is 10.1. The molecule has 0 aliphatic carbocycles. The number of fused-ring (bicyclic) bond motifs is 1. The zero-order chi connectivity index (χ0) is 9.42. The monoisotopic (exact) mass is 197 g/mol. The minimum absolute atomic E-state index is 0.0404. The highest BCUT2D eigenvalue weighted by Crippen LogP contribution is 2.37. The van der Waals surface area contributed by atoms with Crippen molar-refractivity contribution in [1.29, 1.82) is 0 Å². The van der Waals surface area contributed by atoms with Crippen LogP contribution in [0.3, 0.4) is 0 Å². The maximum atomic E-state index is 11.1. The van der Waals surface area contributed by atoms with E-state index in [0.717, 1.165) is 5.56 Å². The van der Waals surface area contributed by atoms with Gasteiger partial charge >= 0.3 is 0 Å². The fraction of sp³-hybridized carbons (Fsp3) is 0.222. The predicted octanol–water partition coefficient (Wildman–Crippen LogP) is 1.84. The number of rotatable bonds is 1. The molecule has 0 radical (unpaired) electrons. The maximum Gasteiger partial charge on any atom is 0.229 e. The molecular formula is C9H8ClNO2. The third kappa shape index (κ3) is 1.25. The Bertz CT molecular complexity index is 376. The van der Waals surface area contributed by atoms with Crippen LogP contribution >= 0.6 is 11.6 Å². The number of anilines is 1. The molecular weight excluding hydrogens is 190 g/mol. The largest absolute Gasteiger partial charge is 0.496 e. The highest BCUT2D eigenvalue weighted by atomic mass is 35.5. The molecule has 1 aromatic rings. The van der Waals surface area contributed by atoms with Crippen molar-refractivity contribution in [3.8, 4) is 5.75 Å². The van der Waals surface area contributed by atoms with Gasteiger partial charge in [-0.2, -0.15) is 0 Å². The molecule has 0 fully saturated rings. The van der Waals surface area contributed by atoms with E-state index in [2.05, 4.69) is 5.32 Å². The number of ether oxygens (including phenoxy) is 1. The van der Waals surface area contributed by atoms with Crippen LogP contribution in [0.25, 0.3) is 0 Å². The van der Waals surface area contributed by atoms with E-state index in [1.54, 1.807) is 19.2 Å². The standard InChI is InChI=1S/C9H8ClNO2/c1-13-7-3-2-6(10)9-5(7)4-8(12)11-9/h2-3H,4H2,1H3,(H,11,12). The molecule has 0 saturated heterocycles. The van der Waals surface area contributed by atoms with Gasteiger partial charge in [0.15, 0.2) is 0 Å². The Labute approximate surface area is 80.6 Å². The van der Waals surface area contributed by atoms with Crippen LogP contribution in [0.2, 0.25) is 5.02 Å².